The minimum absolute atomic E-state index is 0.00819. The Labute approximate surface area is 149 Å². The molecule has 0 radical (unpaired) electrons. The molecular formula is C19H18N6O. The Hall–Kier alpha value is -3.22. The fraction of sp³-hybridized carbons (Fsp3) is 0.263. The molecule has 4 aromatic rings. The van der Waals surface area contributed by atoms with Gasteiger partial charge in [-0.3, -0.25) is 9.89 Å². The van der Waals surface area contributed by atoms with Gasteiger partial charge in [0.1, 0.15) is 0 Å². The molecule has 4 heterocycles. The zero-order valence-electron chi connectivity index (χ0n) is 14.6. The molecule has 1 N–H and O–H groups in total. The van der Waals surface area contributed by atoms with Crippen LogP contribution in [0.15, 0.2) is 41.7 Å². The first kappa shape index (κ1) is 15.1. The third-order valence-corrected chi connectivity index (χ3v) is 4.90. The summed E-state index contributed by atoms with van der Waals surface area (Å²) in [5, 5.41) is 7.46. The molecule has 1 aliphatic rings. The summed E-state index contributed by atoms with van der Waals surface area (Å²) in [6, 6.07) is 3.93. The second-order valence-electron chi connectivity index (χ2n) is 6.90. The zero-order chi connectivity index (χ0) is 17.8. The van der Waals surface area contributed by atoms with Gasteiger partial charge in [-0.2, -0.15) is 5.10 Å². The molecule has 7 nitrogen and oxygen atoms in total. The highest BCUT2D eigenvalue weighted by Crippen LogP contribution is 2.39. The third-order valence-electron chi connectivity index (χ3n) is 4.90. The molecular weight excluding hydrogens is 328 g/mol. The van der Waals surface area contributed by atoms with E-state index in [0.29, 0.717) is 11.6 Å². The number of rotatable bonds is 3. The van der Waals surface area contributed by atoms with Gasteiger partial charge in [-0.25, -0.2) is 19.2 Å². The Kier molecular flexibility index (Phi) is 3.12. The van der Waals surface area contributed by atoms with Crippen molar-refractivity contribution < 1.29 is 0 Å². The number of nitrogens with one attached hydrogen (secondary N) is 1. The van der Waals surface area contributed by atoms with Gasteiger partial charge in [0.05, 0.1) is 6.20 Å². The monoisotopic (exact) mass is 346 g/mol. The summed E-state index contributed by atoms with van der Waals surface area (Å²) in [5.74, 6) is 1.12. The molecule has 0 bridgehead atoms. The summed E-state index contributed by atoms with van der Waals surface area (Å²) in [4.78, 5) is 21.9. The van der Waals surface area contributed by atoms with Crippen LogP contribution in [0.2, 0.25) is 0 Å². The molecule has 4 aromatic heterocycles. The lowest BCUT2D eigenvalue weighted by Crippen LogP contribution is -2.21. The highest BCUT2D eigenvalue weighted by molar-refractivity contribution is 5.76. The van der Waals surface area contributed by atoms with Crippen LogP contribution in [0.25, 0.3) is 22.6 Å². The summed E-state index contributed by atoms with van der Waals surface area (Å²) in [6.45, 7) is 3.92. The van der Waals surface area contributed by atoms with Gasteiger partial charge in [-0.15, -0.1) is 0 Å². The molecule has 0 saturated heterocycles. The largest absolute Gasteiger partial charge is 0.296 e. The van der Waals surface area contributed by atoms with Gasteiger partial charge in [-0.05, 0) is 44.2 Å². The predicted octanol–water partition coefficient (Wildman–Crippen LogP) is 2.76. The average Bonchev–Trinajstić information content (AvgIpc) is 3.17. The lowest BCUT2D eigenvalue weighted by molar-refractivity contribution is 0.845. The normalized spacial score (nSPS) is 14.2. The van der Waals surface area contributed by atoms with Gasteiger partial charge in [0.2, 0.25) is 0 Å². The van der Waals surface area contributed by atoms with Crippen molar-refractivity contribution >= 4 is 5.65 Å². The van der Waals surface area contributed by atoms with Gasteiger partial charge in [0, 0.05) is 41.0 Å². The number of H-pyrrole nitrogens is 1. The van der Waals surface area contributed by atoms with Crippen molar-refractivity contribution in [3.63, 3.8) is 0 Å². The van der Waals surface area contributed by atoms with Gasteiger partial charge in [0.15, 0.2) is 11.5 Å². The lowest BCUT2D eigenvalue weighted by atomic mass is 10.1. The maximum Gasteiger partial charge on any atom is 0.276 e. The van der Waals surface area contributed by atoms with E-state index < -0.39 is 0 Å². The van der Waals surface area contributed by atoms with Crippen LogP contribution in [-0.2, 0) is 0 Å². The van der Waals surface area contributed by atoms with Crippen molar-refractivity contribution in [2.75, 3.05) is 0 Å². The first-order valence-corrected chi connectivity index (χ1v) is 8.70. The minimum Gasteiger partial charge on any atom is -0.296 e. The Morgan fingerprint density at radius 3 is 2.77 bits per heavy atom. The number of pyridine rings is 1. The van der Waals surface area contributed by atoms with E-state index in [4.69, 9.17) is 4.98 Å². The van der Waals surface area contributed by atoms with E-state index >= 15 is 0 Å². The molecule has 130 valence electrons. The van der Waals surface area contributed by atoms with Gasteiger partial charge in [0.25, 0.3) is 5.56 Å². The van der Waals surface area contributed by atoms with Crippen molar-refractivity contribution in [1.82, 2.24) is 29.4 Å². The summed E-state index contributed by atoms with van der Waals surface area (Å²) in [6.07, 6.45) is 9.44. The lowest BCUT2D eigenvalue weighted by Gasteiger charge is -2.04. The van der Waals surface area contributed by atoms with E-state index in [1.165, 1.54) is 4.52 Å². The molecule has 0 spiro atoms. The Morgan fingerprint density at radius 1 is 1.19 bits per heavy atom. The Bertz CT molecular complexity index is 1180. The standard InChI is InChI=1S/C19H18N6O/c1-11-3-6-16(20-7-11)24-10-14(8-21-24)15-9-22-25-18(15)23-12(2)17(19(25)26)13-4-5-13/h3,6-10,13,22H,4-5H2,1-2H3. The molecule has 1 saturated carbocycles. The number of hydrogen-bond acceptors (Lipinski definition) is 4. The first-order valence-electron chi connectivity index (χ1n) is 8.70. The van der Waals surface area contributed by atoms with E-state index in [1.807, 2.05) is 44.6 Å². The van der Waals surface area contributed by atoms with Crippen LogP contribution in [-0.4, -0.2) is 29.4 Å². The molecule has 0 aromatic carbocycles. The second kappa shape index (κ2) is 5.39. The summed E-state index contributed by atoms with van der Waals surface area (Å²) in [7, 11) is 0. The minimum atomic E-state index is 0.00819. The second-order valence-corrected chi connectivity index (χ2v) is 6.90. The van der Waals surface area contributed by atoms with E-state index in [1.54, 1.807) is 10.9 Å². The van der Waals surface area contributed by atoms with E-state index in [9.17, 15) is 4.79 Å². The molecule has 26 heavy (non-hydrogen) atoms. The van der Waals surface area contributed by atoms with E-state index in [0.717, 1.165) is 46.6 Å². The van der Waals surface area contributed by atoms with Crippen molar-refractivity contribution in [2.45, 2.75) is 32.6 Å². The van der Waals surface area contributed by atoms with Gasteiger partial charge in [-0.1, -0.05) is 6.07 Å². The fourth-order valence-electron chi connectivity index (χ4n) is 3.37. The SMILES string of the molecule is Cc1ccc(-n2cc(-c3c[nH]n4c(=O)c(C5CC5)c(C)nc34)cn2)nc1. The number of aromatic amines is 1. The van der Waals surface area contributed by atoms with E-state index in [-0.39, 0.29) is 5.56 Å². The van der Waals surface area contributed by atoms with Crippen LogP contribution in [0.1, 0.15) is 35.6 Å². The molecule has 0 aliphatic heterocycles. The summed E-state index contributed by atoms with van der Waals surface area (Å²) in [5.41, 5.74) is 5.15. The molecule has 0 amide bonds. The molecule has 1 aliphatic carbocycles. The third kappa shape index (κ3) is 2.28. The molecule has 0 atom stereocenters. The maximum atomic E-state index is 12.8. The van der Waals surface area contributed by atoms with Crippen LogP contribution in [0.5, 0.6) is 0 Å². The van der Waals surface area contributed by atoms with Crippen LogP contribution in [0, 0.1) is 13.8 Å². The number of aryl methyl sites for hydroxylation is 2. The van der Waals surface area contributed by atoms with Crippen LogP contribution in [0.4, 0.5) is 0 Å². The fourth-order valence-corrected chi connectivity index (χ4v) is 3.37. The summed E-state index contributed by atoms with van der Waals surface area (Å²) >= 11 is 0. The Morgan fingerprint density at radius 2 is 2.04 bits per heavy atom. The topological polar surface area (TPSA) is 80.9 Å². The molecule has 7 heteroatoms. The average molecular weight is 346 g/mol. The number of aromatic nitrogens is 6. The highest BCUT2D eigenvalue weighted by atomic mass is 16.1. The quantitative estimate of drug-likeness (QED) is 0.618. The highest BCUT2D eigenvalue weighted by Gasteiger charge is 2.30. The predicted molar refractivity (Wildman–Crippen MR) is 97.6 cm³/mol. The first-order chi connectivity index (χ1) is 12.6. The van der Waals surface area contributed by atoms with Crippen molar-refractivity contribution in [3.05, 3.63) is 64.1 Å². The van der Waals surface area contributed by atoms with Gasteiger partial charge >= 0.3 is 0 Å². The number of hydrogen-bond donors (Lipinski definition) is 1. The van der Waals surface area contributed by atoms with E-state index in [2.05, 4.69) is 15.2 Å². The van der Waals surface area contributed by atoms with Crippen LogP contribution < -0.4 is 5.56 Å². The summed E-state index contributed by atoms with van der Waals surface area (Å²) < 4.78 is 3.26. The smallest absolute Gasteiger partial charge is 0.276 e. The molecule has 0 unspecified atom stereocenters. The van der Waals surface area contributed by atoms with Crippen LogP contribution in [0.3, 0.4) is 0 Å². The van der Waals surface area contributed by atoms with Crippen LogP contribution >= 0.6 is 0 Å². The molecule has 1 fully saturated rings. The molecule has 5 rings (SSSR count). The Balaban J connectivity index is 1.62. The maximum absolute atomic E-state index is 12.8. The van der Waals surface area contributed by atoms with Crippen molar-refractivity contribution in [3.8, 4) is 16.9 Å². The number of nitrogens with zero attached hydrogens (tertiary/aromatic N) is 5. The van der Waals surface area contributed by atoms with Crippen molar-refractivity contribution in [1.29, 1.82) is 0 Å². The zero-order valence-corrected chi connectivity index (χ0v) is 14.6. The van der Waals surface area contributed by atoms with Crippen molar-refractivity contribution in [2.24, 2.45) is 0 Å². The van der Waals surface area contributed by atoms with Gasteiger partial charge < -0.3 is 0 Å². The number of fused-ring (bicyclic) bond motifs is 1.